The van der Waals surface area contributed by atoms with Crippen LogP contribution in [0.2, 0.25) is 0 Å². The van der Waals surface area contributed by atoms with Gasteiger partial charge in [0.05, 0.1) is 0 Å². The third-order valence-corrected chi connectivity index (χ3v) is 3.21. The smallest absolute Gasteiger partial charge is 0.0346 e. The van der Waals surface area contributed by atoms with Crippen molar-refractivity contribution in [1.82, 2.24) is 4.98 Å². The highest BCUT2D eigenvalue weighted by Gasteiger charge is 2.01. The number of aryl methyl sites for hydroxylation is 1. The molecule has 0 unspecified atom stereocenters. The van der Waals surface area contributed by atoms with Crippen LogP contribution in [0.5, 0.6) is 0 Å². The average Bonchev–Trinajstić information content (AvgIpc) is 2.48. The Kier molecular flexibility index (Phi) is 3.11. The Hall–Kier alpha value is -2.41. The summed E-state index contributed by atoms with van der Waals surface area (Å²) >= 11 is 0. The van der Waals surface area contributed by atoms with E-state index in [-0.39, 0.29) is 0 Å². The molecule has 0 N–H and O–H groups in total. The molecule has 2 aromatic carbocycles. The van der Waals surface area contributed by atoms with Crippen molar-refractivity contribution in [2.24, 2.45) is 0 Å². The molecule has 0 amide bonds. The van der Waals surface area contributed by atoms with Gasteiger partial charge in [0.15, 0.2) is 0 Å². The molecule has 92 valence electrons. The molecule has 1 nitrogen and oxygen atoms in total. The van der Waals surface area contributed by atoms with E-state index in [1.807, 2.05) is 12.3 Å². The summed E-state index contributed by atoms with van der Waals surface area (Å²) in [7, 11) is 0. The Balaban J connectivity index is 2.06. The summed E-state index contributed by atoms with van der Waals surface area (Å²) in [6, 6.07) is 21.2. The fourth-order valence-electron chi connectivity index (χ4n) is 2.24. The summed E-state index contributed by atoms with van der Waals surface area (Å²) in [6.45, 7) is 2.12. The first-order valence-electron chi connectivity index (χ1n) is 6.40. The van der Waals surface area contributed by atoms with Gasteiger partial charge in [-0.25, -0.2) is 0 Å². The molecule has 0 fully saturated rings. The molecule has 19 heavy (non-hydrogen) atoms. The lowest BCUT2D eigenvalue weighted by atomic mass is 9.99. The molecule has 0 aliphatic rings. The largest absolute Gasteiger partial charge is 0.264 e. The molecule has 0 saturated heterocycles. The minimum atomic E-state index is 1.15. The normalized spacial score (nSPS) is 10.4. The van der Waals surface area contributed by atoms with Crippen LogP contribution in [-0.4, -0.2) is 4.98 Å². The number of hydrogen-bond donors (Lipinski definition) is 0. The molecule has 1 heteroatoms. The van der Waals surface area contributed by atoms with Crippen molar-refractivity contribution in [3.8, 4) is 22.3 Å². The predicted molar refractivity (Wildman–Crippen MR) is 79.8 cm³/mol. The summed E-state index contributed by atoms with van der Waals surface area (Å²) < 4.78 is 0. The second-order valence-electron chi connectivity index (χ2n) is 4.69. The SMILES string of the molecule is Cc1cccc(-c2cccc(-c3cccnc3)c2)c1. The molecular formula is C18H15N. The lowest BCUT2D eigenvalue weighted by Crippen LogP contribution is -1.83. The summed E-state index contributed by atoms with van der Waals surface area (Å²) in [5, 5.41) is 0. The lowest BCUT2D eigenvalue weighted by molar-refractivity contribution is 1.33. The Labute approximate surface area is 113 Å². The first-order chi connectivity index (χ1) is 9.33. The van der Waals surface area contributed by atoms with Gasteiger partial charge in [0, 0.05) is 18.0 Å². The molecule has 3 rings (SSSR count). The van der Waals surface area contributed by atoms with Gasteiger partial charge in [-0.15, -0.1) is 0 Å². The van der Waals surface area contributed by atoms with Gasteiger partial charge in [-0.2, -0.15) is 0 Å². The second-order valence-corrected chi connectivity index (χ2v) is 4.69. The number of rotatable bonds is 2. The van der Waals surface area contributed by atoms with E-state index in [4.69, 9.17) is 0 Å². The number of benzene rings is 2. The van der Waals surface area contributed by atoms with Gasteiger partial charge in [-0.3, -0.25) is 4.98 Å². The van der Waals surface area contributed by atoms with Gasteiger partial charge in [-0.05, 0) is 35.7 Å². The molecule has 0 radical (unpaired) electrons. The van der Waals surface area contributed by atoms with Crippen LogP contribution in [0.3, 0.4) is 0 Å². The van der Waals surface area contributed by atoms with Crippen LogP contribution in [-0.2, 0) is 0 Å². The maximum absolute atomic E-state index is 4.18. The summed E-state index contributed by atoms with van der Waals surface area (Å²) in [5.74, 6) is 0. The predicted octanol–water partition coefficient (Wildman–Crippen LogP) is 4.72. The van der Waals surface area contributed by atoms with Crippen LogP contribution >= 0.6 is 0 Å². The van der Waals surface area contributed by atoms with Gasteiger partial charge >= 0.3 is 0 Å². The van der Waals surface area contributed by atoms with Crippen LogP contribution in [0.25, 0.3) is 22.3 Å². The minimum absolute atomic E-state index is 1.15. The summed E-state index contributed by atoms with van der Waals surface area (Å²) in [5.41, 5.74) is 6.13. The van der Waals surface area contributed by atoms with Crippen LogP contribution in [0.4, 0.5) is 0 Å². The van der Waals surface area contributed by atoms with E-state index in [0.717, 1.165) is 5.56 Å². The van der Waals surface area contributed by atoms with Crippen LogP contribution in [0.15, 0.2) is 73.1 Å². The Morgan fingerprint density at radius 2 is 1.32 bits per heavy atom. The second kappa shape index (κ2) is 5.07. The number of aromatic nitrogens is 1. The van der Waals surface area contributed by atoms with Gasteiger partial charge in [0.1, 0.15) is 0 Å². The van der Waals surface area contributed by atoms with Gasteiger partial charge in [0.2, 0.25) is 0 Å². The molecule has 0 aliphatic heterocycles. The molecule has 0 atom stereocenters. The Morgan fingerprint density at radius 1 is 0.684 bits per heavy atom. The molecular weight excluding hydrogens is 230 g/mol. The monoisotopic (exact) mass is 245 g/mol. The quantitative estimate of drug-likeness (QED) is 0.636. The molecule has 1 heterocycles. The van der Waals surface area contributed by atoms with Crippen molar-refractivity contribution in [3.63, 3.8) is 0 Å². The molecule has 0 saturated carbocycles. The zero-order valence-corrected chi connectivity index (χ0v) is 10.9. The van der Waals surface area contributed by atoms with Crippen molar-refractivity contribution in [1.29, 1.82) is 0 Å². The standard InChI is InChI=1S/C18H15N/c1-14-5-2-6-15(11-14)16-7-3-8-17(12-16)18-9-4-10-19-13-18/h2-13H,1H3. The van der Waals surface area contributed by atoms with Gasteiger partial charge in [-0.1, -0.05) is 54.1 Å². The van der Waals surface area contributed by atoms with E-state index in [9.17, 15) is 0 Å². The number of pyridine rings is 1. The average molecular weight is 245 g/mol. The minimum Gasteiger partial charge on any atom is -0.264 e. The van der Waals surface area contributed by atoms with Crippen molar-refractivity contribution < 1.29 is 0 Å². The van der Waals surface area contributed by atoms with Crippen molar-refractivity contribution in [2.75, 3.05) is 0 Å². The highest BCUT2D eigenvalue weighted by molar-refractivity contribution is 5.72. The number of nitrogens with zero attached hydrogens (tertiary/aromatic N) is 1. The fraction of sp³-hybridized carbons (Fsp3) is 0.0556. The summed E-state index contributed by atoms with van der Waals surface area (Å²) in [6.07, 6.45) is 3.70. The Morgan fingerprint density at radius 3 is 2.00 bits per heavy atom. The maximum Gasteiger partial charge on any atom is 0.0346 e. The molecule has 0 aliphatic carbocycles. The van der Waals surface area contributed by atoms with Crippen molar-refractivity contribution in [3.05, 3.63) is 78.6 Å². The molecule has 0 spiro atoms. The van der Waals surface area contributed by atoms with Crippen molar-refractivity contribution >= 4 is 0 Å². The molecule has 1 aromatic heterocycles. The van der Waals surface area contributed by atoms with Gasteiger partial charge in [0.25, 0.3) is 0 Å². The van der Waals surface area contributed by atoms with E-state index in [0.29, 0.717) is 0 Å². The zero-order chi connectivity index (χ0) is 13.1. The first kappa shape index (κ1) is 11.7. The highest BCUT2D eigenvalue weighted by Crippen LogP contribution is 2.26. The third-order valence-electron chi connectivity index (χ3n) is 3.21. The van der Waals surface area contributed by atoms with E-state index in [1.165, 1.54) is 22.3 Å². The number of hydrogen-bond acceptors (Lipinski definition) is 1. The zero-order valence-electron chi connectivity index (χ0n) is 10.9. The van der Waals surface area contributed by atoms with Crippen LogP contribution in [0.1, 0.15) is 5.56 Å². The topological polar surface area (TPSA) is 12.9 Å². The van der Waals surface area contributed by atoms with E-state index in [1.54, 1.807) is 6.20 Å². The van der Waals surface area contributed by atoms with Gasteiger partial charge < -0.3 is 0 Å². The van der Waals surface area contributed by atoms with E-state index >= 15 is 0 Å². The maximum atomic E-state index is 4.18. The molecule has 0 bridgehead atoms. The molecule has 3 aromatic rings. The summed E-state index contributed by atoms with van der Waals surface area (Å²) in [4.78, 5) is 4.18. The third kappa shape index (κ3) is 2.55. The lowest BCUT2D eigenvalue weighted by Gasteiger charge is -2.06. The Bertz CT molecular complexity index is 687. The van der Waals surface area contributed by atoms with Crippen LogP contribution < -0.4 is 0 Å². The fourth-order valence-corrected chi connectivity index (χ4v) is 2.24. The van der Waals surface area contributed by atoms with E-state index < -0.39 is 0 Å². The highest BCUT2D eigenvalue weighted by atomic mass is 14.6. The van der Waals surface area contributed by atoms with E-state index in [2.05, 4.69) is 66.5 Å². The van der Waals surface area contributed by atoms with Crippen molar-refractivity contribution in [2.45, 2.75) is 6.92 Å². The first-order valence-corrected chi connectivity index (χ1v) is 6.40. The van der Waals surface area contributed by atoms with Crippen LogP contribution in [0, 0.1) is 6.92 Å².